The minimum Gasteiger partial charge on any atom is -0.392 e. The Balaban J connectivity index is 1.91. The van der Waals surface area contributed by atoms with E-state index in [4.69, 9.17) is 5.11 Å². The van der Waals surface area contributed by atoms with Crippen LogP contribution in [0, 0.1) is 0 Å². The summed E-state index contributed by atoms with van der Waals surface area (Å²) < 4.78 is 26.4. The average Bonchev–Trinajstić information content (AvgIpc) is 2.77. The molecule has 2 aromatic rings. The number of fused-ring (bicyclic) bond motifs is 1. The summed E-state index contributed by atoms with van der Waals surface area (Å²) in [5, 5.41) is 9.11. The monoisotopic (exact) mass is 302 g/mol. The summed E-state index contributed by atoms with van der Waals surface area (Å²) in [5.41, 5.74) is 2.31. The molecule has 1 aliphatic rings. The van der Waals surface area contributed by atoms with Crippen LogP contribution in [0.25, 0.3) is 0 Å². The molecular formula is C15H14N2O3S. The fourth-order valence-electron chi connectivity index (χ4n) is 2.25. The third-order valence-electron chi connectivity index (χ3n) is 3.26. The maximum atomic E-state index is 12.0. The van der Waals surface area contributed by atoms with E-state index in [2.05, 4.69) is 9.71 Å². The van der Waals surface area contributed by atoms with Crippen molar-refractivity contribution in [1.29, 1.82) is 0 Å². The molecule has 108 valence electrons. The Morgan fingerprint density at radius 1 is 1.05 bits per heavy atom. The quantitative estimate of drug-likeness (QED) is 0.900. The Labute approximate surface area is 123 Å². The van der Waals surface area contributed by atoms with E-state index in [-0.39, 0.29) is 11.5 Å². The van der Waals surface area contributed by atoms with Crippen molar-refractivity contribution in [2.24, 2.45) is 4.99 Å². The maximum Gasteiger partial charge on any atom is 0.263 e. The summed E-state index contributed by atoms with van der Waals surface area (Å²) >= 11 is 0. The molecule has 0 fully saturated rings. The number of nitrogens with zero attached hydrogens (tertiary/aromatic N) is 1. The van der Waals surface area contributed by atoms with Crippen LogP contribution in [0.4, 0.5) is 0 Å². The Kier molecular flexibility index (Phi) is 3.48. The highest BCUT2D eigenvalue weighted by Crippen LogP contribution is 2.22. The number of aliphatic imine (C=N–C) groups is 1. The van der Waals surface area contributed by atoms with Gasteiger partial charge in [-0.05, 0) is 23.3 Å². The first-order chi connectivity index (χ1) is 10.1. The molecule has 0 unspecified atom stereocenters. The molecule has 2 N–H and O–H groups in total. The lowest BCUT2D eigenvalue weighted by molar-refractivity contribution is 0.281. The van der Waals surface area contributed by atoms with Crippen molar-refractivity contribution >= 4 is 15.9 Å². The van der Waals surface area contributed by atoms with E-state index < -0.39 is 10.0 Å². The fraction of sp³-hybridized carbons (Fsp3) is 0.133. The number of aliphatic hydroxyl groups is 1. The second kappa shape index (κ2) is 5.31. The minimum absolute atomic E-state index is 0.0279. The van der Waals surface area contributed by atoms with Crippen LogP contribution in [0.2, 0.25) is 0 Å². The van der Waals surface area contributed by atoms with Crippen LogP contribution in [0.1, 0.15) is 16.7 Å². The second-order valence-corrected chi connectivity index (χ2v) is 6.40. The lowest BCUT2D eigenvalue weighted by Crippen LogP contribution is -2.22. The summed E-state index contributed by atoms with van der Waals surface area (Å²) in [6.07, 6.45) is 0. The van der Waals surface area contributed by atoms with Crippen LogP contribution in [0.3, 0.4) is 0 Å². The van der Waals surface area contributed by atoms with E-state index >= 15 is 0 Å². The van der Waals surface area contributed by atoms with Gasteiger partial charge in [0, 0.05) is 5.56 Å². The Morgan fingerprint density at radius 2 is 1.81 bits per heavy atom. The third kappa shape index (κ3) is 2.68. The van der Waals surface area contributed by atoms with Gasteiger partial charge < -0.3 is 5.11 Å². The third-order valence-corrected chi connectivity index (χ3v) is 4.65. The van der Waals surface area contributed by atoms with Gasteiger partial charge in [0.2, 0.25) is 0 Å². The Morgan fingerprint density at radius 3 is 2.62 bits per heavy atom. The van der Waals surface area contributed by atoms with Crippen LogP contribution < -0.4 is 4.72 Å². The molecule has 2 aromatic carbocycles. The first-order valence-electron chi connectivity index (χ1n) is 6.45. The summed E-state index contributed by atoms with van der Waals surface area (Å²) in [4.78, 5) is 4.61. The number of rotatable bonds is 3. The van der Waals surface area contributed by atoms with Crippen LogP contribution >= 0.6 is 0 Å². The summed E-state index contributed by atoms with van der Waals surface area (Å²) in [5.74, 6) is 0.361. The van der Waals surface area contributed by atoms with Gasteiger partial charge in [0.25, 0.3) is 10.0 Å². The number of sulfonamides is 1. The molecule has 0 saturated carbocycles. The summed E-state index contributed by atoms with van der Waals surface area (Å²) in [6.45, 7) is 0.319. The number of hydrogen-bond donors (Lipinski definition) is 2. The molecule has 0 aliphatic carbocycles. The van der Waals surface area contributed by atoms with E-state index in [0.717, 1.165) is 11.1 Å². The van der Waals surface area contributed by atoms with Crippen molar-refractivity contribution in [2.45, 2.75) is 18.0 Å². The van der Waals surface area contributed by atoms with Crippen molar-refractivity contribution < 1.29 is 13.5 Å². The molecular weight excluding hydrogens is 288 g/mol. The highest BCUT2D eigenvalue weighted by atomic mass is 32.2. The van der Waals surface area contributed by atoms with Gasteiger partial charge in [0.15, 0.2) is 0 Å². The van der Waals surface area contributed by atoms with Gasteiger partial charge in [0.05, 0.1) is 18.0 Å². The fourth-order valence-corrected chi connectivity index (χ4v) is 3.50. The van der Waals surface area contributed by atoms with Gasteiger partial charge in [-0.25, -0.2) is 8.42 Å². The smallest absolute Gasteiger partial charge is 0.263 e. The van der Waals surface area contributed by atoms with Gasteiger partial charge in [-0.15, -0.1) is 0 Å². The summed E-state index contributed by atoms with van der Waals surface area (Å²) in [6, 6.07) is 14.2. The van der Waals surface area contributed by atoms with Crippen LogP contribution in [-0.4, -0.2) is 19.4 Å². The standard InChI is InChI=1S/C15H14N2O3S/c18-10-12-5-3-4-11(8-12)9-16-15-13-6-1-2-7-14(13)21(19,20)17-15/h1-8,18H,9-10H2,(H,16,17). The lowest BCUT2D eigenvalue weighted by Gasteiger charge is -2.02. The zero-order valence-corrected chi connectivity index (χ0v) is 12.0. The van der Waals surface area contributed by atoms with Crippen molar-refractivity contribution in [3.63, 3.8) is 0 Å². The van der Waals surface area contributed by atoms with Gasteiger partial charge >= 0.3 is 0 Å². The molecule has 5 nitrogen and oxygen atoms in total. The van der Waals surface area contributed by atoms with Crippen molar-refractivity contribution in [2.75, 3.05) is 0 Å². The van der Waals surface area contributed by atoms with E-state index in [0.29, 0.717) is 17.9 Å². The van der Waals surface area contributed by atoms with Crippen LogP contribution in [0.5, 0.6) is 0 Å². The average molecular weight is 302 g/mol. The first kappa shape index (κ1) is 13.8. The van der Waals surface area contributed by atoms with Crippen LogP contribution in [0.15, 0.2) is 58.4 Å². The highest BCUT2D eigenvalue weighted by Gasteiger charge is 2.29. The largest absolute Gasteiger partial charge is 0.392 e. The molecule has 0 bridgehead atoms. The lowest BCUT2D eigenvalue weighted by atomic mass is 10.1. The second-order valence-electron chi connectivity index (χ2n) is 4.74. The van der Waals surface area contributed by atoms with E-state index in [1.54, 1.807) is 24.3 Å². The SMILES string of the molecule is O=S1(=O)NC(=NCc2cccc(CO)c2)c2ccccc21. The Hall–Kier alpha value is -2.18. The molecule has 0 spiro atoms. The normalized spacial score (nSPS) is 17.5. The van der Waals surface area contributed by atoms with Crippen molar-refractivity contribution in [3.05, 3.63) is 65.2 Å². The topological polar surface area (TPSA) is 78.8 Å². The van der Waals surface area contributed by atoms with Crippen molar-refractivity contribution in [3.8, 4) is 0 Å². The number of benzene rings is 2. The van der Waals surface area contributed by atoms with E-state index in [1.165, 1.54) is 0 Å². The highest BCUT2D eigenvalue weighted by molar-refractivity contribution is 7.90. The molecule has 1 aliphatic heterocycles. The van der Waals surface area contributed by atoms with Gasteiger partial charge in [-0.2, -0.15) is 0 Å². The number of aliphatic hydroxyl groups excluding tert-OH is 1. The molecule has 0 saturated heterocycles. The molecule has 1 heterocycles. The predicted octanol–water partition coefficient (Wildman–Crippen LogP) is 1.42. The predicted molar refractivity (Wildman–Crippen MR) is 79.4 cm³/mol. The Bertz CT molecular complexity index is 813. The zero-order chi connectivity index (χ0) is 14.9. The molecule has 0 amide bonds. The molecule has 0 aromatic heterocycles. The minimum atomic E-state index is -3.49. The molecule has 21 heavy (non-hydrogen) atoms. The number of nitrogens with one attached hydrogen (secondary N) is 1. The van der Waals surface area contributed by atoms with Crippen molar-refractivity contribution in [1.82, 2.24) is 4.72 Å². The van der Waals surface area contributed by atoms with Gasteiger partial charge in [-0.3, -0.25) is 9.71 Å². The zero-order valence-electron chi connectivity index (χ0n) is 11.2. The summed E-state index contributed by atoms with van der Waals surface area (Å²) in [7, 11) is -3.49. The molecule has 6 heteroatoms. The van der Waals surface area contributed by atoms with E-state index in [1.807, 2.05) is 24.3 Å². The van der Waals surface area contributed by atoms with Gasteiger partial charge in [-0.1, -0.05) is 36.4 Å². The molecule has 0 radical (unpaired) electrons. The van der Waals surface area contributed by atoms with E-state index in [9.17, 15) is 8.42 Å². The number of amidine groups is 1. The molecule has 3 rings (SSSR count). The van der Waals surface area contributed by atoms with Crippen LogP contribution in [-0.2, 0) is 23.2 Å². The molecule has 0 atom stereocenters. The first-order valence-corrected chi connectivity index (χ1v) is 7.94. The maximum absolute atomic E-state index is 12.0. The number of hydrogen-bond acceptors (Lipinski definition) is 4. The van der Waals surface area contributed by atoms with Gasteiger partial charge in [0.1, 0.15) is 5.84 Å².